The van der Waals surface area contributed by atoms with Gasteiger partial charge in [-0.25, -0.2) is 0 Å². The van der Waals surface area contributed by atoms with Crippen LogP contribution in [0.2, 0.25) is 0 Å². The number of nitrogens with zero attached hydrogens (tertiary/aromatic N) is 1. The fourth-order valence-corrected chi connectivity index (χ4v) is 10.9. The van der Waals surface area contributed by atoms with Crippen molar-refractivity contribution in [2.45, 2.75) is 0 Å². The topological polar surface area (TPSA) is 23.8 Å². The Morgan fingerprint density at radius 2 is 1.09 bits per heavy atom. The summed E-state index contributed by atoms with van der Waals surface area (Å²) in [7, 11) is 0. The van der Waals surface area contributed by atoms with Crippen molar-refractivity contribution in [3.8, 4) is 37.9 Å². The van der Waals surface area contributed by atoms with E-state index in [4.69, 9.17) is 6.42 Å². The van der Waals surface area contributed by atoms with Crippen LogP contribution in [-0.4, -0.2) is 0 Å². The molecule has 208 valence electrons. The molecule has 0 bridgehead atoms. The summed E-state index contributed by atoms with van der Waals surface area (Å²) in [6.07, 6.45) is 9.95. The molecule has 0 fully saturated rings. The summed E-state index contributed by atoms with van der Waals surface area (Å²) in [4.78, 5) is 9.40. The van der Waals surface area contributed by atoms with Crippen LogP contribution in [0.3, 0.4) is 0 Å². The van der Waals surface area contributed by atoms with E-state index in [0.29, 0.717) is 5.57 Å². The van der Waals surface area contributed by atoms with Crippen molar-refractivity contribution in [3.63, 3.8) is 0 Å². The second kappa shape index (κ2) is 11.5. The van der Waals surface area contributed by atoms with Gasteiger partial charge in [-0.15, -0.1) is 74.4 Å². The summed E-state index contributed by atoms with van der Waals surface area (Å²) >= 11 is 10.5. The lowest BCUT2D eigenvalue weighted by atomic mass is 10.0. The van der Waals surface area contributed by atoms with E-state index in [0.717, 1.165) is 20.2 Å². The largest absolute Gasteiger partial charge is 0.192 e. The van der Waals surface area contributed by atoms with Gasteiger partial charge in [0, 0.05) is 64.8 Å². The molecule has 0 amide bonds. The van der Waals surface area contributed by atoms with Crippen molar-refractivity contribution >= 4 is 122 Å². The van der Waals surface area contributed by atoms with Crippen molar-refractivity contribution in [1.29, 1.82) is 5.26 Å². The average Bonchev–Trinajstić information content (AvgIpc) is 3.89. The maximum atomic E-state index is 9.68. The molecule has 0 N–H and O–H groups in total. The van der Waals surface area contributed by atoms with Gasteiger partial charge in [0.05, 0.1) is 5.57 Å². The van der Waals surface area contributed by atoms with Gasteiger partial charge in [-0.2, -0.15) is 5.26 Å². The van der Waals surface area contributed by atoms with Gasteiger partial charge >= 0.3 is 0 Å². The molecule has 1 nitrogen and oxygen atoms in total. The van der Waals surface area contributed by atoms with Gasteiger partial charge in [-0.05, 0) is 94.3 Å². The minimum atomic E-state index is 0.709. The van der Waals surface area contributed by atoms with Crippen LogP contribution in [-0.2, 0) is 0 Å². The van der Waals surface area contributed by atoms with E-state index in [-0.39, 0.29) is 0 Å². The molecule has 7 heteroatoms. The summed E-state index contributed by atoms with van der Waals surface area (Å²) in [6, 6.07) is 32.9. The van der Waals surface area contributed by atoms with E-state index in [1.807, 2.05) is 52.3 Å². The Morgan fingerprint density at radius 3 is 1.57 bits per heavy atom. The maximum absolute atomic E-state index is 9.68. The first-order chi connectivity index (χ1) is 21.7. The molecule has 0 radical (unpaired) electrons. The lowest BCUT2D eigenvalue weighted by Gasteiger charge is -2.01. The monoisotopic (exact) mass is 669 g/mol. The van der Waals surface area contributed by atoms with Crippen molar-refractivity contribution in [2.24, 2.45) is 0 Å². The SMILES string of the molecule is C#C/C(=C\c1ccc(-c2cc3c(ccc4c5cc(-c6ccc(/C=C(\C#N)c7cccs7)s6)sc5ccc34)s2)s1)c1cccs1. The minimum absolute atomic E-state index is 0.709. The number of terminal acetylenes is 1. The molecule has 6 heterocycles. The number of hydrogen-bond acceptors (Lipinski definition) is 7. The molecule has 0 unspecified atom stereocenters. The Balaban J connectivity index is 1.14. The van der Waals surface area contributed by atoms with Gasteiger partial charge in [-0.3, -0.25) is 0 Å². The van der Waals surface area contributed by atoms with Gasteiger partial charge in [0.25, 0.3) is 0 Å². The van der Waals surface area contributed by atoms with Crippen LogP contribution in [0.5, 0.6) is 0 Å². The number of allylic oxidation sites excluding steroid dienone is 2. The van der Waals surface area contributed by atoms with Crippen molar-refractivity contribution in [3.05, 3.63) is 115 Å². The fraction of sp³-hybridized carbons (Fsp3) is 0. The van der Waals surface area contributed by atoms with E-state index in [1.54, 1.807) is 45.3 Å². The second-order valence-electron chi connectivity index (χ2n) is 10.0. The standard InChI is InChI=1S/C37H19NS6/c1-2-22(30-5-3-15-39-30)17-24-7-11-34(41-24)36-19-28-26-10-14-33-29(27(26)9-13-32(28)43-36)20-37(44-33)35-12-8-25(42-35)18-23(21-38)31-6-4-16-40-31/h1,3-20H/b22-17+,23-18+. The first kappa shape index (κ1) is 27.5. The Labute approximate surface area is 278 Å². The Kier molecular flexibility index (Phi) is 7.16. The van der Waals surface area contributed by atoms with Gasteiger partial charge in [0.15, 0.2) is 0 Å². The number of nitriles is 1. The zero-order chi connectivity index (χ0) is 29.6. The van der Waals surface area contributed by atoms with Crippen LogP contribution in [0.15, 0.2) is 95.7 Å². The smallest absolute Gasteiger partial charge is 0.101 e. The molecule has 8 aromatic rings. The van der Waals surface area contributed by atoms with Gasteiger partial charge in [0.1, 0.15) is 6.07 Å². The van der Waals surface area contributed by atoms with Crippen molar-refractivity contribution in [2.75, 3.05) is 0 Å². The van der Waals surface area contributed by atoms with Crippen LogP contribution < -0.4 is 0 Å². The molecule has 2 aromatic carbocycles. The quantitative estimate of drug-likeness (QED) is 0.128. The normalized spacial score (nSPS) is 12.3. The molecule has 0 saturated heterocycles. The summed E-state index contributed by atoms with van der Waals surface area (Å²) in [5, 5.41) is 18.9. The van der Waals surface area contributed by atoms with Crippen LogP contribution in [0, 0.1) is 23.7 Å². The Morgan fingerprint density at radius 1 is 0.568 bits per heavy atom. The van der Waals surface area contributed by atoms with Crippen LogP contribution >= 0.6 is 68.0 Å². The Bertz CT molecular complexity index is 2280. The maximum Gasteiger partial charge on any atom is 0.101 e. The summed E-state index contributed by atoms with van der Waals surface area (Å²) in [5.74, 6) is 2.85. The molecule has 44 heavy (non-hydrogen) atoms. The highest BCUT2D eigenvalue weighted by molar-refractivity contribution is 7.27. The van der Waals surface area contributed by atoms with Crippen LogP contribution in [0.25, 0.3) is 73.8 Å². The van der Waals surface area contributed by atoms with Gasteiger partial charge in [0.2, 0.25) is 0 Å². The molecule has 8 rings (SSSR count). The van der Waals surface area contributed by atoms with E-state index < -0.39 is 0 Å². The second-order valence-corrected chi connectivity index (χ2v) is 16.3. The van der Waals surface area contributed by atoms with E-state index >= 15 is 0 Å². The highest BCUT2D eigenvalue weighted by Gasteiger charge is 2.14. The van der Waals surface area contributed by atoms with Crippen LogP contribution in [0.4, 0.5) is 0 Å². The molecular weight excluding hydrogens is 651 g/mol. The first-order valence-corrected chi connectivity index (χ1v) is 18.7. The lowest BCUT2D eigenvalue weighted by molar-refractivity contribution is 1.54. The fourth-order valence-electron chi connectivity index (χ4n) is 5.31. The Hall–Kier alpha value is -4.05. The molecular formula is C37H19NS6. The number of hydrogen-bond donors (Lipinski definition) is 0. The van der Waals surface area contributed by atoms with E-state index in [1.165, 1.54) is 55.3 Å². The molecule has 0 aliphatic rings. The molecule has 6 aromatic heterocycles. The molecule has 0 saturated carbocycles. The third kappa shape index (κ3) is 4.99. The van der Waals surface area contributed by atoms with E-state index in [2.05, 4.69) is 90.2 Å². The molecule has 0 spiro atoms. The molecule has 0 aliphatic heterocycles. The average molecular weight is 670 g/mol. The third-order valence-electron chi connectivity index (χ3n) is 7.36. The zero-order valence-corrected chi connectivity index (χ0v) is 27.8. The van der Waals surface area contributed by atoms with E-state index in [9.17, 15) is 5.26 Å². The minimum Gasteiger partial charge on any atom is -0.192 e. The predicted octanol–water partition coefficient (Wildman–Crippen LogP) is 13.1. The van der Waals surface area contributed by atoms with Crippen LogP contribution in [0.1, 0.15) is 19.5 Å². The highest BCUT2D eigenvalue weighted by Crippen LogP contribution is 2.45. The summed E-state index contributed by atoms with van der Waals surface area (Å²) < 4.78 is 2.58. The number of thiophene rings is 6. The summed E-state index contributed by atoms with van der Waals surface area (Å²) in [6.45, 7) is 0. The van der Waals surface area contributed by atoms with Gasteiger partial charge < -0.3 is 0 Å². The number of fused-ring (bicyclic) bond motifs is 5. The third-order valence-corrected chi connectivity index (χ3v) is 13.8. The predicted molar refractivity (Wildman–Crippen MR) is 200 cm³/mol. The number of benzene rings is 2. The number of rotatable bonds is 6. The summed E-state index contributed by atoms with van der Waals surface area (Å²) in [5.41, 5.74) is 1.64. The molecule has 0 atom stereocenters. The molecule has 0 aliphatic carbocycles. The lowest BCUT2D eigenvalue weighted by Crippen LogP contribution is -1.74. The van der Waals surface area contributed by atoms with Gasteiger partial charge in [-0.1, -0.05) is 30.2 Å². The first-order valence-electron chi connectivity index (χ1n) is 13.6. The van der Waals surface area contributed by atoms with Crippen molar-refractivity contribution in [1.82, 2.24) is 0 Å². The van der Waals surface area contributed by atoms with Crippen molar-refractivity contribution < 1.29 is 0 Å². The highest BCUT2D eigenvalue weighted by atomic mass is 32.1. The zero-order valence-electron chi connectivity index (χ0n) is 22.9.